The van der Waals surface area contributed by atoms with Crippen LogP contribution in [0.1, 0.15) is 11.3 Å². The lowest BCUT2D eigenvalue weighted by molar-refractivity contribution is -0.133. The van der Waals surface area contributed by atoms with E-state index >= 15 is 0 Å². The highest BCUT2D eigenvalue weighted by atomic mass is 35.5. The molecule has 2 aromatic rings. The summed E-state index contributed by atoms with van der Waals surface area (Å²) in [5.74, 6) is -0.934. The number of aryl methyl sites for hydroxylation is 2. The van der Waals surface area contributed by atoms with E-state index in [-0.39, 0.29) is 5.82 Å². The van der Waals surface area contributed by atoms with Crippen LogP contribution in [0.3, 0.4) is 0 Å². The first kappa shape index (κ1) is 14.1. The predicted molar refractivity (Wildman–Crippen MR) is 74.7 cm³/mol. The first-order chi connectivity index (χ1) is 9.45. The lowest BCUT2D eigenvalue weighted by Crippen LogP contribution is -2.29. The number of carbonyl (C=O) groups excluding carboxylic acids is 2. The van der Waals surface area contributed by atoms with Gasteiger partial charge in [0.2, 0.25) is 0 Å². The largest absolute Gasteiger partial charge is 0.360 e. The van der Waals surface area contributed by atoms with Gasteiger partial charge >= 0.3 is 11.8 Å². The third-order valence-electron chi connectivity index (χ3n) is 2.51. The van der Waals surface area contributed by atoms with Gasteiger partial charge in [-0.05, 0) is 31.5 Å². The Balaban J connectivity index is 2.00. The van der Waals surface area contributed by atoms with Gasteiger partial charge in [-0.3, -0.25) is 14.9 Å². The molecule has 0 spiro atoms. The molecule has 0 atom stereocenters. The lowest BCUT2D eigenvalue weighted by Gasteiger charge is -2.06. The van der Waals surface area contributed by atoms with Crippen LogP contribution in [0.15, 0.2) is 28.8 Å². The summed E-state index contributed by atoms with van der Waals surface area (Å²) in [6.07, 6.45) is 0. The molecule has 0 aliphatic carbocycles. The maximum Gasteiger partial charge on any atom is 0.315 e. The van der Waals surface area contributed by atoms with Gasteiger partial charge in [-0.15, -0.1) is 0 Å². The first-order valence-corrected chi connectivity index (χ1v) is 6.15. The average molecular weight is 294 g/mol. The normalized spacial score (nSPS) is 10.2. The number of hydrogen-bond donors (Lipinski definition) is 2. The molecule has 104 valence electrons. The summed E-state index contributed by atoms with van der Waals surface area (Å²) in [5.41, 5.74) is 1.32. The van der Waals surface area contributed by atoms with Crippen LogP contribution in [-0.2, 0) is 9.59 Å². The fourth-order valence-electron chi connectivity index (χ4n) is 1.46. The molecule has 1 aromatic carbocycles. The molecular weight excluding hydrogens is 282 g/mol. The fraction of sp³-hybridized carbons (Fsp3) is 0.154. The van der Waals surface area contributed by atoms with Crippen LogP contribution in [-0.4, -0.2) is 17.0 Å². The second-order valence-corrected chi connectivity index (χ2v) is 4.60. The zero-order chi connectivity index (χ0) is 14.7. The Hall–Kier alpha value is -2.34. The summed E-state index contributed by atoms with van der Waals surface area (Å²) in [6, 6.07) is 6.49. The highest BCUT2D eigenvalue weighted by molar-refractivity contribution is 6.43. The number of amides is 2. The molecule has 20 heavy (non-hydrogen) atoms. The third kappa shape index (κ3) is 3.36. The van der Waals surface area contributed by atoms with Gasteiger partial charge in [0, 0.05) is 16.8 Å². The Morgan fingerprint density at radius 2 is 1.85 bits per heavy atom. The summed E-state index contributed by atoms with van der Waals surface area (Å²) in [6.45, 7) is 3.52. The minimum atomic E-state index is -0.838. The van der Waals surface area contributed by atoms with Crippen molar-refractivity contribution in [1.82, 2.24) is 5.16 Å². The maximum absolute atomic E-state index is 11.7. The van der Waals surface area contributed by atoms with Gasteiger partial charge in [-0.2, -0.15) is 0 Å². The van der Waals surface area contributed by atoms with E-state index in [0.29, 0.717) is 16.5 Å². The molecule has 0 bridgehead atoms. The second kappa shape index (κ2) is 5.75. The third-order valence-corrected chi connectivity index (χ3v) is 2.91. The van der Waals surface area contributed by atoms with Gasteiger partial charge in [0.15, 0.2) is 5.82 Å². The molecule has 6 nitrogen and oxygen atoms in total. The first-order valence-electron chi connectivity index (χ1n) is 5.77. The summed E-state index contributed by atoms with van der Waals surface area (Å²) in [5, 5.41) is 8.84. The monoisotopic (exact) mass is 293 g/mol. The van der Waals surface area contributed by atoms with Crippen molar-refractivity contribution in [3.05, 3.63) is 40.6 Å². The molecule has 0 fully saturated rings. The fourth-order valence-corrected chi connectivity index (χ4v) is 1.64. The molecule has 7 heteroatoms. The van der Waals surface area contributed by atoms with Crippen LogP contribution in [0, 0.1) is 13.8 Å². The minimum absolute atomic E-state index is 0.185. The van der Waals surface area contributed by atoms with Crippen LogP contribution in [0.4, 0.5) is 11.5 Å². The van der Waals surface area contributed by atoms with E-state index in [1.54, 1.807) is 25.1 Å². The van der Waals surface area contributed by atoms with E-state index in [1.807, 2.05) is 6.92 Å². The Morgan fingerprint density at radius 3 is 2.45 bits per heavy atom. The molecule has 0 radical (unpaired) electrons. The number of hydrogen-bond acceptors (Lipinski definition) is 4. The Bertz CT molecular complexity index is 667. The van der Waals surface area contributed by atoms with Crippen molar-refractivity contribution in [3.8, 4) is 0 Å². The van der Waals surface area contributed by atoms with Gasteiger partial charge in [-0.25, -0.2) is 0 Å². The number of halogens is 1. The zero-order valence-electron chi connectivity index (χ0n) is 10.9. The Labute approximate surface area is 120 Å². The summed E-state index contributed by atoms with van der Waals surface area (Å²) >= 11 is 5.94. The molecule has 0 aliphatic rings. The van der Waals surface area contributed by atoms with Gasteiger partial charge in [-0.1, -0.05) is 22.8 Å². The van der Waals surface area contributed by atoms with Crippen molar-refractivity contribution in [2.24, 2.45) is 0 Å². The highest BCUT2D eigenvalue weighted by Gasteiger charge is 2.16. The van der Waals surface area contributed by atoms with Crippen molar-refractivity contribution in [2.45, 2.75) is 13.8 Å². The molecule has 1 aromatic heterocycles. The van der Waals surface area contributed by atoms with Crippen molar-refractivity contribution < 1.29 is 14.1 Å². The lowest BCUT2D eigenvalue weighted by atomic mass is 10.2. The Morgan fingerprint density at radius 1 is 1.15 bits per heavy atom. The predicted octanol–water partition coefficient (Wildman–Crippen LogP) is 2.52. The number of nitrogens with one attached hydrogen (secondary N) is 2. The highest BCUT2D eigenvalue weighted by Crippen LogP contribution is 2.19. The minimum Gasteiger partial charge on any atom is -0.360 e. The topological polar surface area (TPSA) is 84.2 Å². The van der Waals surface area contributed by atoms with Crippen LogP contribution < -0.4 is 10.6 Å². The van der Waals surface area contributed by atoms with Crippen LogP contribution >= 0.6 is 11.6 Å². The van der Waals surface area contributed by atoms with Crippen LogP contribution in [0.25, 0.3) is 0 Å². The SMILES string of the molecule is Cc1cc(NC(=O)C(=O)Nc2ccc(C)c(Cl)c2)no1. The number of nitrogens with zero attached hydrogens (tertiary/aromatic N) is 1. The standard InChI is InChI=1S/C13H12ClN3O3/c1-7-3-4-9(6-10(7)14)15-12(18)13(19)16-11-5-8(2)20-17-11/h3-6H,1-2H3,(H,15,18)(H,16,17,19). The van der Waals surface area contributed by atoms with Gasteiger partial charge < -0.3 is 9.84 Å². The van der Waals surface area contributed by atoms with Crippen molar-refractivity contribution in [3.63, 3.8) is 0 Å². The van der Waals surface area contributed by atoms with Crippen LogP contribution in [0.2, 0.25) is 5.02 Å². The van der Waals surface area contributed by atoms with E-state index in [2.05, 4.69) is 15.8 Å². The smallest absolute Gasteiger partial charge is 0.315 e. The molecule has 0 aliphatic heterocycles. The quantitative estimate of drug-likeness (QED) is 0.833. The van der Waals surface area contributed by atoms with Crippen molar-refractivity contribution in [1.29, 1.82) is 0 Å². The molecule has 0 saturated carbocycles. The number of aromatic nitrogens is 1. The van der Waals surface area contributed by atoms with Gasteiger partial charge in [0.25, 0.3) is 0 Å². The molecular formula is C13H12ClN3O3. The van der Waals surface area contributed by atoms with Gasteiger partial charge in [0.1, 0.15) is 5.76 Å². The summed E-state index contributed by atoms with van der Waals surface area (Å²) < 4.78 is 4.78. The van der Waals surface area contributed by atoms with Crippen LogP contribution in [0.5, 0.6) is 0 Å². The van der Waals surface area contributed by atoms with E-state index in [4.69, 9.17) is 16.1 Å². The summed E-state index contributed by atoms with van der Waals surface area (Å²) in [4.78, 5) is 23.3. The number of carbonyl (C=O) groups is 2. The maximum atomic E-state index is 11.7. The zero-order valence-corrected chi connectivity index (χ0v) is 11.6. The van der Waals surface area contributed by atoms with Crippen molar-refractivity contribution in [2.75, 3.05) is 10.6 Å². The van der Waals surface area contributed by atoms with E-state index in [0.717, 1.165) is 5.56 Å². The second-order valence-electron chi connectivity index (χ2n) is 4.20. The van der Waals surface area contributed by atoms with Gasteiger partial charge in [0.05, 0.1) is 0 Å². The van der Waals surface area contributed by atoms with E-state index < -0.39 is 11.8 Å². The molecule has 0 saturated heterocycles. The number of rotatable bonds is 2. The van der Waals surface area contributed by atoms with E-state index in [9.17, 15) is 9.59 Å². The van der Waals surface area contributed by atoms with Crippen molar-refractivity contribution >= 4 is 34.9 Å². The molecule has 0 unspecified atom stereocenters. The number of benzene rings is 1. The molecule has 2 N–H and O–H groups in total. The molecule has 2 amide bonds. The number of anilines is 2. The Kier molecular flexibility index (Phi) is 4.05. The summed E-state index contributed by atoms with van der Waals surface area (Å²) in [7, 11) is 0. The van der Waals surface area contributed by atoms with E-state index in [1.165, 1.54) is 6.07 Å². The molecule has 1 heterocycles. The average Bonchev–Trinajstić information content (AvgIpc) is 2.79. The molecule has 2 rings (SSSR count).